The van der Waals surface area contributed by atoms with Crippen LogP contribution in [-0.2, 0) is 11.3 Å². The van der Waals surface area contributed by atoms with Crippen molar-refractivity contribution in [2.45, 2.75) is 88.5 Å². The van der Waals surface area contributed by atoms with E-state index in [0.29, 0.717) is 18.7 Å². The summed E-state index contributed by atoms with van der Waals surface area (Å²) in [6.07, 6.45) is 9.02. The molecule has 6 nitrogen and oxygen atoms in total. The van der Waals surface area contributed by atoms with Gasteiger partial charge in [0.2, 0.25) is 0 Å². The highest BCUT2D eigenvalue weighted by Gasteiger charge is 2.55. The van der Waals surface area contributed by atoms with Gasteiger partial charge in [0.25, 0.3) is 0 Å². The second-order valence-corrected chi connectivity index (χ2v) is 9.90. The fourth-order valence-electron chi connectivity index (χ4n) is 6.14. The lowest BCUT2D eigenvalue weighted by atomic mass is 9.79. The van der Waals surface area contributed by atoms with Crippen molar-refractivity contribution in [1.82, 2.24) is 15.1 Å². The van der Waals surface area contributed by atoms with Crippen molar-refractivity contribution < 1.29 is 9.53 Å². The molecule has 3 atom stereocenters. The summed E-state index contributed by atoms with van der Waals surface area (Å²) >= 11 is 0. The third-order valence-corrected chi connectivity index (χ3v) is 7.83. The Morgan fingerprint density at radius 1 is 1.16 bits per heavy atom. The number of benzene rings is 1. The Hall–Kier alpha value is -1.92. The van der Waals surface area contributed by atoms with E-state index in [1.54, 1.807) is 0 Å². The number of aliphatic imine (C=N–C) groups is 1. The van der Waals surface area contributed by atoms with Crippen LogP contribution in [0.4, 0.5) is 4.79 Å². The number of hydrogen-bond donors (Lipinski definition) is 1. The van der Waals surface area contributed by atoms with E-state index < -0.39 is 0 Å². The molecular formula is C25H36N4O2. The number of hydrogen-bond acceptors (Lipinski definition) is 4. The molecule has 168 valence electrons. The second-order valence-electron chi connectivity index (χ2n) is 9.90. The highest BCUT2D eigenvalue weighted by molar-refractivity contribution is 6.07. The van der Waals surface area contributed by atoms with E-state index in [-0.39, 0.29) is 17.6 Å². The van der Waals surface area contributed by atoms with Crippen LogP contribution in [0.1, 0.15) is 63.9 Å². The molecule has 3 aliphatic heterocycles. The third kappa shape index (κ3) is 4.12. The zero-order chi connectivity index (χ0) is 21.3. The van der Waals surface area contributed by atoms with E-state index in [2.05, 4.69) is 57.4 Å². The molecule has 3 heterocycles. The molecule has 1 unspecified atom stereocenters. The number of amides is 2. The first-order chi connectivity index (χ1) is 15.2. The molecule has 0 aromatic heterocycles. The maximum Gasteiger partial charge on any atom is 0.346 e. The zero-order valence-corrected chi connectivity index (χ0v) is 18.8. The van der Waals surface area contributed by atoms with E-state index in [1.807, 2.05) is 0 Å². The smallest absolute Gasteiger partial charge is 0.346 e. The quantitative estimate of drug-likeness (QED) is 0.795. The SMILES string of the molecule is C[C@H]1C[C@]2(CCN1Cc1ccccc1)C(NC1CCCCC1)=NC(=O)N2C1CCOC1. The zero-order valence-electron chi connectivity index (χ0n) is 18.8. The number of nitrogens with zero attached hydrogens (tertiary/aromatic N) is 3. The molecule has 31 heavy (non-hydrogen) atoms. The number of carbonyl (C=O) groups is 1. The molecule has 1 aromatic carbocycles. The van der Waals surface area contributed by atoms with Crippen molar-refractivity contribution in [1.29, 1.82) is 0 Å². The first kappa shape index (κ1) is 21.0. The molecular weight excluding hydrogens is 388 g/mol. The van der Waals surface area contributed by atoms with Gasteiger partial charge in [-0.15, -0.1) is 0 Å². The number of amidine groups is 1. The van der Waals surface area contributed by atoms with Crippen LogP contribution in [0.5, 0.6) is 0 Å². The predicted octanol–water partition coefficient (Wildman–Crippen LogP) is 3.96. The van der Waals surface area contributed by atoms with Crippen LogP contribution in [0.25, 0.3) is 0 Å². The minimum Gasteiger partial charge on any atom is -0.379 e. The summed E-state index contributed by atoms with van der Waals surface area (Å²) in [5.74, 6) is 0.947. The number of piperidine rings is 1. The van der Waals surface area contributed by atoms with Crippen LogP contribution < -0.4 is 5.32 Å². The van der Waals surface area contributed by atoms with Crippen LogP contribution in [0.3, 0.4) is 0 Å². The minimum atomic E-state index is -0.306. The summed E-state index contributed by atoms with van der Waals surface area (Å²) in [5.41, 5.74) is 1.04. The van der Waals surface area contributed by atoms with Crippen LogP contribution in [0.15, 0.2) is 35.3 Å². The van der Waals surface area contributed by atoms with Gasteiger partial charge in [0.05, 0.1) is 12.6 Å². The minimum absolute atomic E-state index is 0.0579. The number of rotatable bonds is 4. The van der Waals surface area contributed by atoms with Crippen molar-refractivity contribution >= 4 is 11.9 Å². The van der Waals surface area contributed by atoms with Gasteiger partial charge in [-0.25, -0.2) is 4.79 Å². The van der Waals surface area contributed by atoms with Crippen molar-refractivity contribution in [3.05, 3.63) is 35.9 Å². The maximum atomic E-state index is 13.2. The summed E-state index contributed by atoms with van der Waals surface area (Å²) in [6.45, 7) is 5.63. The molecule has 1 aromatic rings. The van der Waals surface area contributed by atoms with E-state index in [9.17, 15) is 4.79 Å². The molecule has 2 amide bonds. The number of nitrogens with one attached hydrogen (secondary N) is 1. The normalized spacial score (nSPS) is 32.6. The molecule has 6 heteroatoms. The Morgan fingerprint density at radius 3 is 2.68 bits per heavy atom. The van der Waals surface area contributed by atoms with Gasteiger partial charge < -0.3 is 15.0 Å². The molecule has 1 N–H and O–H groups in total. The summed E-state index contributed by atoms with van der Waals surface area (Å²) in [4.78, 5) is 22.5. The van der Waals surface area contributed by atoms with Crippen LogP contribution >= 0.6 is 0 Å². The lowest BCUT2D eigenvalue weighted by molar-refractivity contribution is 0.0374. The Labute approximate surface area is 186 Å². The molecule has 5 rings (SSSR count). The maximum absolute atomic E-state index is 13.2. The number of carbonyl (C=O) groups excluding carboxylic acids is 1. The Morgan fingerprint density at radius 2 is 1.97 bits per heavy atom. The average molecular weight is 425 g/mol. The number of urea groups is 1. The Kier molecular flexibility index (Phi) is 6.02. The van der Waals surface area contributed by atoms with Gasteiger partial charge in [-0.2, -0.15) is 4.99 Å². The van der Waals surface area contributed by atoms with E-state index >= 15 is 0 Å². The topological polar surface area (TPSA) is 57.2 Å². The third-order valence-electron chi connectivity index (χ3n) is 7.83. The second kappa shape index (κ2) is 8.91. The highest BCUT2D eigenvalue weighted by atomic mass is 16.5. The Balaban J connectivity index is 1.38. The van der Waals surface area contributed by atoms with E-state index in [4.69, 9.17) is 4.74 Å². The fourth-order valence-corrected chi connectivity index (χ4v) is 6.14. The summed E-state index contributed by atoms with van der Waals surface area (Å²) in [7, 11) is 0. The van der Waals surface area contributed by atoms with Crippen molar-refractivity contribution in [3.8, 4) is 0 Å². The summed E-state index contributed by atoms with van der Waals surface area (Å²) in [6, 6.07) is 11.6. The molecule has 0 radical (unpaired) electrons. The van der Waals surface area contributed by atoms with Crippen LogP contribution in [-0.4, -0.2) is 65.1 Å². The number of ether oxygens (including phenoxy) is 1. The highest BCUT2D eigenvalue weighted by Crippen LogP contribution is 2.41. The van der Waals surface area contributed by atoms with Crippen LogP contribution in [0.2, 0.25) is 0 Å². The van der Waals surface area contributed by atoms with Gasteiger partial charge in [-0.05, 0) is 44.6 Å². The molecule has 1 saturated carbocycles. The molecule has 2 saturated heterocycles. The van der Waals surface area contributed by atoms with Crippen molar-refractivity contribution in [3.63, 3.8) is 0 Å². The molecule has 1 aliphatic carbocycles. The van der Waals surface area contributed by atoms with Gasteiger partial charge in [0, 0.05) is 31.8 Å². The molecule has 1 spiro atoms. The van der Waals surface area contributed by atoms with Crippen molar-refractivity contribution in [2.75, 3.05) is 19.8 Å². The first-order valence-corrected chi connectivity index (χ1v) is 12.2. The predicted molar refractivity (Wildman–Crippen MR) is 122 cm³/mol. The van der Waals surface area contributed by atoms with Gasteiger partial charge in [0.15, 0.2) is 0 Å². The number of likely N-dealkylation sites (tertiary alicyclic amines) is 1. The van der Waals surface area contributed by atoms with Crippen molar-refractivity contribution in [2.24, 2.45) is 4.99 Å². The van der Waals surface area contributed by atoms with Crippen LogP contribution in [0, 0.1) is 0 Å². The lowest BCUT2D eigenvalue weighted by Crippen LogP contribution is -2.65. The van der Waals surface area contributed by atoms with Gasteiger partial charge in [-0.3, -0.25) is 4.90 Å². The first-order valence-electron chi connectivity index (χ1n) is 12.2. The molecule has 0 bridgehead atoms. The molecule has 4 aliphatic rings. The van der Waals surface area contributed by atoms with Gasteiger partial charge >= 0.3 is 6.03 Å². The summed E-state index contributed by atoms with van der Waals surface area (Å²) in [5, 5.41) is 3.78. The van der Waals surface area contributed by atoms with E-state index in [1.165, 1.54) is 37.7 Å². The van der Waals surface area contributed by atoms with Gasteiger partial charge in [-0.1, -0.05) is 49.6 Å². The largest absolute Gasteiger partial charge is 0.379 e. The molecule has 3 fully saturated rings. The lowest BCUT2D eigenvalue weighted by Gasteiger charge is -2.50. The standard InChI is InChI=1S/C25H36N4O2/c1-19-16-25(13-14-28(19)17-20-8-4-2-5-9-20)23(26-21-10-6-3-7-11-21)27-24(30)29(25)22-12-15-31-18-22/h2,4-5,8-9,19,21-22H,3,6-7,10-18H2,1H3,(H,26,27,30)/t19-,22?,25+/m0/s1. The Bertz CT molecular complexity index is 801. The monoisotopic (exact) mass is 424 g/mol. The summed E-state index contributed by atoms with van der Waals surface area (Å²) < 4.78 is 5.69. The fraction of sp³-hybridized carbons (Fsp3) is 0.680. The average Bonchev–Trinajstić information content (AvgIpc) is 3.38. The van der Waals surface area contributed by atoms with Gasteiger partial charge in [0.1, 0.15) is 11.4 Å². The van der Waals surface area contributed by atoms with E-state index in [0.717, 1.165) is 44.8 Å².